The molecule has 0 amide bonds. The summed E-state index contributed by atoms with van der Waals surface area (Å²) in [5.74, 6) is 0.0334. The number of unbranched alkanes of at least 4 members (excludes halogenated alkanes) is 3. The van der Waals surface area contributed by atoms with Crippen LogP contribution < -0.4 is 4.74 Å². The van der Waals surface area contributed by atoms with Gasteiger partial charge < -0.3 is 14.9 Å². The number of aryl methyl sites for hydroxylation is 1. The normalized spacial score (nSPS) is 12.2. The zero-order valence-electron chi connectivity index (χ0n) is 17.0. The molecule has 156 valence electrons. The molecule has 29 heavy (non-hydrogen) atoms. The van der Waals surface area contributed by atoms with Gasteiger partial charge in [0.05, 0.1) is 12.7 Å². The van der Waals surface area contributed by atoms with E-state index in [2.05, 4.69) is 24.3 Å². The second-order valence-electron chi connectivity index (χ2n) is 7.25. The number of aliphatic carboxylic acids is 1. The molecular weight excluding hydrogens is 364 g/mol. The predicted octanol–water partition coefficient (Wildman–Crippen LogP) is 5.50. The number of carbonyl (C=O) groups is 1. The summed E-state index contributed by atoms with van der Waals surface area (Å²) in [5, 5.41) is 18.7. The van der Waals surface area contributed by atoms with E-state index >= 15 is 0 Å². The number of hydrogen-bond donors (Lipinski definition) is 2. The van der Waals surface area contributed by atoms with E-state index in [0.29, 0.717) is 25.9 Å². The molecule has 2 N–H and O–H groups in total. The van der Waals surface area contributed by atoms with Crippen molar-refractivity contribution in [1.29, 1.82) is 0 Å². The second kappa shape index (κ2) is 13.6. The largest absolute Gasteiger partial charge is 0.493 e. The molecule has 4 nitrogen and oxygen atoms in total. The Morgan fingerprint density at radius 3 is 2.48 bits per heavy atom. The van der Waals surface area contributed by atoms with Crippen LogP contribution in [-0.2, 0) is 11.2 Å². The zero-order chi connectivity index (χ0) is 20.7. The molecule has 4 heteroatoms. The molecular formula is C25H32O4. The van der Waals surface area contributed by atoms with Gasteiger partial charge in [-0.05, 0) is 56.6 Å². The first-order chi connectivity index (χ1) is 14.1. The Hall–Kier alpha value is -2.59. The van der Waals surface area contributed by atoms with Gasteiger partial charge in [0.2, 0.25) is 0 Å². The third-order valence-electron chi connectivity index (χ3n) is 4.77. The SMILES string of the molecule is O=C(O)CCCCC(O)/C=C/c1ccccc1OCCCCCc1ccccc1. The molecule has 0 saturated carbocycles. The standard InChI is InChI=1S/C25H32O4/c26-23(15-7-9-17-25(27)28)19-18-22-14-6-8-16-24(22)29-20-10-2-5-13-21-11-3-1-4-12-21/h1,3-4,6,8,11-12,14,16,18-19,23,26H,2,5,7,9-10,13,15,17,20H2,(H,27,28)/b19-18+. The molecule has 1 atom stereocenters. The molecule has 2 rings (SSSR count). The highest BCUT2D eigenvalue weighted by Crippen LogP contribution is 2.21. The number of ether oxygens (including phenoxy) is 1. The second-order valence-corrected chi connectivity index (χ2v) is 7.25. The molecule has 0 aliphatic carbocycles. The summed E-state index contributed by atoms with van der Waals surface area (Å²) in [4.78, 5) is 10.5. The fourth-order valence-corrected chi connectivity index (χ4v) is 3.13. The highest BCUT2D eigenvalue weighted by atomic mass is 16.5. The monoisotopic (exact) mass is 396 g/mol. The Balaban J connectivity index is 1.68. The predicted molar refractivity (Wildman–Crippen MR) is 117 cm³/mol. The third-order valence-corrected chi connectivity index (χ3v) is 4.77. The average Bonchev–Trinajstić information content (AvgIpc) is 2.73. The van der Waals surface area contributed by atoms with E-state index in [1.54, 1.807) is 6.08 Å². The number of carboxylic acid groups (broad SMARTS) is 1. The Labute approximate surface area is 173 Å². The maximum Gasteiger partial charge on any atom is 0.303 e. The minimum Gasteiger partial charge on any atom is -0.493 e. The molecule has 2 aromatic rings. The first-order valence-electron chi connectivity index (χ1n) is 10.5. The van der Waals surface area contributed by atoms with Crippen molar-refractivity contribution in [2.75, 3.05) is 6.61 Å². The van der Waals surface area contributed by atoms with Gasteiger partial charge in [-0.1, -0.05) is 60.7 Å². The number of para-hydroxylation sites is 1. The molecule has 0 aromatic heterocycles. The lowest BCUT2D eigenvalue weighted by Gasteiger charge is -2.10. The van der Waals surface area contributed by atoms with Crippen LogP contribution in [0.1, 0.15) is 56.1 Å². The minimum atomic E-state index is -0.791. The molecule has 0 fully saturated rings. The highest BCUT2D eigenvalue weighted by Gasteiger charge is 2.04. The molecule has 0 radical (unpaired) electrons. The Bertz CT molecular complexity index is 739. The Kier molecular flexibility index (Phi) is 10.6. The van der Waals surface area contributed by atoms with Crippen LogP contribution in [0, 0.1) is 0 Å². The van der Waals surface area contributed by atoms with E-state index < -0.39 is 12.1 Å². The van der Waals surface area contributed by atoms with E-state index in [9.17, 15) is 9.90 Å². The lowest BCUT2D eigenvalue weighted by atomic mass is 10.1. The van der Waals surface area contributed by atoms with E-state index in [1.165, 1.54) is 5.56 Å². The van der Waals surface area contributed by atoms with Gasteiger partial charge in [-0.2, -0.15) is 0 Å². The Morgan fingerprint density at radius 2 is 1.69 bits per heavy atom. The van der Waals surface area contributed by atoms with Crippen LogP contribution in [0.25, 0.3) is 6.08 Å². The van der Waals surface area contributed by atoms with Crippen LogP contribution in [0.4, 0.5) is 0 Å². The third kappa shape index (κ3) is 9.95. The van der Waals surface area contributed by atoms with Gasteiger partial charge in [0.1, 0.15) is 5.75 Å². The average molecular weight is 397 g/mol. The van der Waals surface area contributed by atoms with E-state index in [0.717, 1.165) is 37.0 Å². The topological polar surface area (TPSA) is 66.8 Å². The van der Waals surface area contributed by atoms with Crippen molar-refractivity contribution in [2.45, 2.75) is 57.5 Å². The summed E-state index contributed by atoms with van der Waals surface area (Å²) in [5.41, 5.74) is 2.33. The minimum absolute atomic E-state index is 0.151. The summed E-state index contributed by atoms with van der Waals surface area (Å²) >= 11 is 0. The van der Waals surface area contributed by atoms with Gasteiger partial charge in [0.25, 0.3) is 0 Å². The first-order valence-corrected chi connectivity index (χ1v) is 10.5. The molecule has 0 bridgehead atoms. The summed E-state index contributed by atoms with van der Waals surface area (Å²) in [6, 6.07) is 18.4. The number of aliphatic hydroxyl groups excluding tert-OH is 1. The van der Waals surface area contributed by atoms with E-state index in [1.807, 2.05) is 36.4 Å². The van der Waals surface area contributed by atoms with Gasteiger partial charge in [-0.3, -0.25) is 4.79 Å². The molecule has 1 unspecified atom stereocenters. The van der Waals surface area contributed by atoms with Gasteiger partial charge >= 0.3 is 5.97 Å². The van der Waals surface area contributed by atoms with Crippen LogP contribution in [0.2, 0.25) is 0 Å². The molecule has 0 heterocycles. The number of aliphatic hydroxyl groups is 1. The summed E-state index contributed by atoms with van der Waals surface area (Å²) < 4.78 is 5.95. The first kappa shape index (κ1) is 22.7. The maximum absolute atomic E-state index is 10.5. The molecule has 0 saturated heterocycles. The van der Waals surface area contributed by atoms with E-state index in [4.69, 9.17) is 9.84 Å². The highest BCUT2D eigenvalue weighted by molar-refractivity contribution is 5.66. The van der Waals surface area contributed by atoms with Crippen molar-refractivity contribution in [3.8, 4) is 5.75 Å². The van der Waals surface area contributed by atoms with Gasteiger partial charge in [-0.15, -0.1) is 0 Å². The van der Waals surface area contributed by atoms with Gasteiger partial charge in [0, 0.05) is 12.0 Å². The summed E-state index contributed by atoms with van der Waals surface area (Å²) in [6.07, 6.45) is 9.45. The van der Waals surface area contributed by atoms with Crippen molar-refractivity contribution in [1.82, 2.24) is 0 Å². The fraction of sp³-hybridized carbons (Fsp3) is 0.400. The lowest BCUT2D eigenvalue weighted by Crippen LogP contribution is -2.03. The van der Waals surface area contributed by atoms with Crippen molar-refractivity contribution >= 4 is 12.0 Å². The van der Waals surface area contributed by atoms with Crippen molar-refractivity contribution in [2.24, 2.45) is 0 Å². The smallest absolute Gasteiger partial charge is 0.303 e. The van der Waals surface area contributed by atoms with Crippen molar-refractivity contribution in [3.05, 3.63) is 71.8 Å². The van der Waals surface area contributed by atoms with Gasteiger partial charge in [-0.25, -0.2) is 0 Å². The molecule has 0 spiro atoms. The number of carboxylic acids is 1. The van der Waals surface area contributed by atoms with Gasteiger partial charge in [0.15, 0.2) is 0 Å². The van der Waals surface area contributed by atoms with Crippen LogP contribution in [0.5, 0.6) is 5.75 Å². The Morgan fingerprint density at radius 1 is 0.931 bits per heavy atom. The summed E-state index contributed by atoms with van der Waals surface area (Å²) in [6.45, 7) is 0.678. The lowest BCUT2D eigenvalue weighted by molar-refractivity contribution is -0.137. The zero-order valence-corrected chi connectivity index (χ0v) is 17.0. The number of rotatable bonds is 14. The maximum atomic E-state index is 10.5. The molecule has 0 aliphatic rings. The summed E-state index contributed by atoms with van der Waals surface area (Å²) in [7, 11) is 0. The fourth-order valence-electron chi connectivity index (χ4n) is 3.13. The van der Waals surface area contributed by atoms with Crippen LogP contribution >= 0.6 is 0 Å². The number of hydrogen-bond acceptors (Lipinski definition) is 3. The van der Waals surface area contributed by atoms with Crippen LogP contribution in [0.3, 0.4) is 0 Å². The quantitative estimate of drug-likeness (QED) is 0.414. The van der Waals surface area contributed by atoms with Crippen LogP contribution in [-0.4, -0.2) is 28.9 Å². The number of benzene rings is 2. The van der Waals surface area contributed by atoms with Crippen molar-refractivity contribution in [3.63, 3.8) is 0 Å². The van der Waals surface area contributed by atoms with Crippen molar-refractivity contribution < 1.29 is 19.7 Å². The van der Waals surface area contributed by atoms with Crippen LogP contribution in [0.15, 0.2) is 60.7 Å². The molecule has 2 aromatic carbocycles. The molecule has 0 aliphatic heterocycles. The van der Waals surface area contributed by atoms with E-state index in [-0.39, 0.29) is 6.42 Å².